The van der Waals surface area contributed by atoms with E-state index in [2.05, 4.69) is 22.0 Å². The number of hydrogen-bond acceptors (Lipinski definition) is 5. The molecule has 0 aliphatic carbocycles. The van der Waals surface area contributed by atoms with Gasteiger partial charge in [-0.05, 0) is 32.7 Å². The predicted molar refractivity (Wildman–Crippen MR) is 56.1 cm³/mol. The van der Waals surface area contributed by atoms with Crippen LogP contribution in [0.3, 0.4) is 0 Å². The number of aromatic nitrogens is 2. The Labute approximate surface area is 89.6 Å². The molecule has 0 aromatic carbocycles. The number of nitrogens with zero attached hydrogens (tertiary/aromatic N) is 3. The van der Waals surface area contributed by atoms with Crippen LogP contribution in [0, 0.1) is 12.8 Å². The van der Waals surface area contributed by atoms with Gasteiger partial charge in [-0.15, -0.1) is 0 Å². The smallest absolute Gasteiger partial charge is 0.240 e. The van der Waals surface area contributed by atoms with Crippen LogP contribution in [0.5, 0.6) is 0 Å². The van der Waals surface area contributed by atoms with Crippen molar-refractivity contribution >= 4 is 0 Å². The summed E-state index contributed by atoms with van der Waals surface area (Å²) < 4.78 is 5.11. The Hall–Kier alpha value is -0.940. The molecule has 0 amide bonds. The fourth-order valence-corrected chi connectivity index (χ4v) is 2.19. The molecule has 1 saturated heterocycles. The number of aryl methyl sites for hydroxylation is 1. The summed E-state index contributed by atoms with van der Waals surface area (Å²) in [6, 6.07) is 0.561. The highest BCUT2D eigenvalue weighted by atomic mass is 16.5. The monoisotopic (exact) mass is 210 g/mol. The molecule has 5 heteroatoms. The molecule has 0 spiro atoms. The van der Waals surface area contributed by atoms with Gasteiger partial charge >= 0.3 is 0 Å². The molecule has 0 saturated carbocycles. The lowest BCUT2D eigenvalue weighted by Crippen LogP contribution is -2.27. The van der Waals surface area contributed by atoms with Crippen molar-refractivity contribution in [3.8, 4) is 0 Å². The van der Waals surface area contributed by atoms with Crippen molar-refractivity contribution in [2.24, 2.45) is 11.7 Å². The normalized spacial score (nSPS) is 27.4. The molecule has 2 N–H and O–H groups in total. The summed E-state index contributed by atoms with van der Waals surface area (Å²) in [7, 11) is 0. The average Bonchev–Trinajstić information content (AvgIpc) is 2.75. The highest BCUT2D eigenvalue weighted by Crippen LogP contribution is 2.23. The molecular formula is C10H18N4O. The zero-order valence-electron chi connectivity index (χ0n) is 9.31. The Morgan fingerprint density at radius 3 is 2.93 bits per heavy atom. The molecule has 2 unspecified atom stereocenters. The van der Waals surface area contributed by atoms with Crippen LogP contribution in [-0.2, 0) is 6.54 Å². The highest BCUT2D eigenvalue weighted by Gasteiger charge is 2.28. The van der Waals surface area contributed by atoms with E-state index in [1.54, 1.807) is 0 Å². The molecule has 1 aromatic rings. The van der Waals surface area contributed by atoms with Crippen LogP contribution in [0.25, 0.3) is 0 Å². The number of hydrogen-bond donors (Lipinski definition) is 1. The molecule has 84 valence electrons. The Bertz CT molecular complexity index is 325. The molecule has 15 heavy (non-hydrogen) atoms. The van der Waals surface area contributed by atoms with Crippen molar-refractivity contribution in [2.45, 2.75) is 32.9 Å². The van der Waals surface area contributed by atoms with Gasteiger partial charge in [0.1, 0.15) is 0 Å². The van der Waals surface area contributed by atoms with Gasteiger partial charge in [0, 0.05) is 12.6 Å². The van der Waals surface area contributed by atoms with Gasteiger partial charge < -0.3 is 10.3 Å². The Balaban J connectivity index is 1.95. The summed E-state index contributed by atoms with van der Waals surface area (Å²) in [5.41, 5.74) is 5.68. The SMILES string of the molecule is Cc1noc(CN2CC(CN)CC2C)n1. The molecule has 0 radical (unpaired) electrons. The summed E-state index contributed by atoms with van der Waals surface area (Å²) in [5.74, 6) is 2.02. The topological polar surface area (TPSA) is 68.2 Å². The van der Waals surface area contributed by atoms with E-state index >= 15 is 0 Å². The van der Waals surface area contributed by atoms with Gasteiger partial charge in [-0.2, -0.15) is 4.98 Å². The predicted octanol–water partition coefficient (Wildman–Crippen LogP) is 0.547. The summed E-state index contributed by atoms with van der Waals surface area (Å²) in [4.78, 5) is 6.56. The van der Waals surface area contributed by atoms with E-state index in [9.17, 15) is 0 Å². The zero-order valence-corrected chi connectivity index (χ0v) is 9.31. The first-order valence-corrected chi connectivity index (χ1v) is 5.42. The van der Waals surface area contributed by atoms with Crippen molar-refractivity contribution in [1.29, 1.82) is 0 Å². The highest BCUT2D eigenvalue weighted by molar-refractivity contribution is 4.88. The lowest BCUT2D eigenvalue weighted by molar-refractivity contribution is 0.218. The molecule has 2 rings (SSSR count). The molecule has 1 aromatic heterocycles. The summed E-state index contributed by atoms with van der Waals surface area (Å²) in [6.45, 7) is 6.61. The lowest BCUT2D eigenvalue weighted by Gasteiger charge is -2.18. The minimum absolute atomic E-state index is 0.561. The van der Waals surface area contributed by atoms with E-state index in [0.29, 0.717) is 23.7 Å². The van der Waals surface area contributed by atoms with Crippen LogP contribution < -0.4 is 5.73 Å². The Kier molecular flexibility index (Phi) is 3.02. The maximum absolute atomic E-state index is 5.68. The second-order valence-electron chi connectivity index (χ2n) is 4.35. The molecule has 1 aliphatic heterocycles. The minimum Gasteiger partial charge on any atom is -0.338 e. The van der Waals surface area contributed by atoms with Gasteiger partial charge in [0.25, 0.3) is 0 Å². The zero-order chi connectivity index (χ0) is 10.8. The molecule has 2 heterocycles. The van der Waals surface area contributed by atoms with Crippen molar-refractivity contribution in [3.05, 3.63) is 11.7 Å². The van der Waals surface area contributed by atoms with Crippen molar-refractivity contribution in [3.63, 3.8) is 0 Å². The van der Waals surface area contributed by atoms with E-state index in [0.717, 1.165) is 19.6 Å². The fourth-order valence-electron chi connectivity index (χ4n) is 2.19. The van der Waals surface area contributed by atoms with Gasteiger partial charge in [0.15, 0.2) is 5.82 Å². The molecule has 2 atom stereocenters. The van der Waals surface area contributed by atoms with E-state index in [-0.39, 0.29) is 0 Å². The van der Waals surface area contributed by atoms with Crippen LogP contribution in [0.2, 0.25) is 0 Å². The molecule has 0 bridgehead atoms. The first kappa shape index (κ1) is 10.6. The minimum atomic E-state index is 0.561. The van der Waals surface area contributed by atoms with Crippen LogP contribution in [0.15, 0.2) is 4.52 Å². The molecule has 5 nitrogen and oxygen atoms in total. The van der Waals surface area contributed by atoms with Crippen molar-refractivity contribution in [2.75, 3.05) is 13.1 Å². The number of nitrogens with two attached hydrogens (primary N) is 1. The first-order chi connectivity index (χ1) is 7.19. The van der Waals surface area contributed by atoms with Crippen molar-refractivity contribution < 1.29 is 4.52 Å². The molecule has 1 fully saturated rings. The van der Waals surface area contributed by atoms with Crippen molar-refractivity contribution in [1.82, 2.24) is 15.0 Å². The van der Waals surface area contributed by atoms with Gasteiger partial charge in [0.05, 0.1) is 6.54 Å². The molecular weight excluding hydrogens is 192 g/mol. The Morgan fingerprint density at radius 1 is 1.60 bits per heavy atom. The standard InChI is InChI=1S/C10H18N4O/c1-7-3-9(4-11)5-14(7)6-10-12-8(2)13-15-10/h7,9H,3-6,11H2,1-2H3. The third-order valence-electron chi connectivity index (χ3n) is 3.03. The van der Waals surface area contributed by atoms with Crippen LogP contribution in [0.4, 0.5) is 0 Å². The van der Waals surface area contributed by atoms with Gasteiger partial charge in [-0.3, -0.25) is 4.90 Å². The quantitative estimate of drug-likeness (QED) is 0.789. The maximum Gasteiger partial charge on any atom is 0.240 e. The van der Waals surface area contributed by atoms with E-state index < -0.39 is 0 Å². The van der Waals surface area contributed by atoms with Gasteiger partial charge in [0.2, 0.25) is 5.89 Å². The summed E-state index contributed by atoms with van der Waals surface area (Å²) >= 11 is 0. The first-order valence-electron chi connectivity index (χ1n) is 5.42. The number of rotatable bonds is 3. The number of likely N-dealkylation sites (tertiary alicyclic amines) is 1. The summed E-state index contributed by atoms with van der Waals surface area (Å²) in [5, 5.41) is 3.79. The fraction of sp³-hybridized carbons (Fsp3) is 0.800. The van der Waals surface area contributed by atoms with Gasteiger partial charge in [-0.25, -0.2) is 0 Å². The van der Waals surface area contributed by atoms with Crippen LogP contribution in [-0.4, -0.2) is 34.2 Å². The van der Waals surface area contributed by atoms with E-state index in [1.165, 1.54) is 6.42 Å². The third kappa shape index (κ3) is 2.35. The third-order valence-corrected chi connectivity index (χ3v) is 3.03. The largest absolute Gasteiger partial charge is 0.338 e. The Morgan fingerprint density at radius 2 is 2.40 bits per heavy atom. The van der Waals surface area contributed by atoms with Gasteiger partial charge in [-0.1, -0.05) is 5.16 Å². The van der Waals surface area contributed by atoms with E-state index in [4.69, 9.17) is 10.3 Å². The maximum atomic E-state index is 5.68. The lowest BCUT2D eigenvalue weighted by atomic mass is 10.1. The second-order valence-corrected chi connectivity index (χ2v) is 4.35. The molecule has 1 aliphatic rings. The summed E-state index contributed by atoms with van der Waals surface area (Å²) in [6.07, 6.45) is 1.17. The second kappa shape index (κ2) is 4.28. The van der Waals surface area contributed by atoms with E-state index in [1.807, 2.05) is 6.92 Å². The van der Waals surface area contributed by atoms with Crippen LogP contribution in [0.1, 0.15) is 25.1 Å². The van der Waals surface area contributed by atoms with Crippen LogP contribution >= 0.6 is 0 Å². The average molecular weight is 210 g/mol.